The molecule has 3 atom stereocenters. The van der Waals surface area contributed by atoms with Crippen molar-refractivity contribution >= 4 is 33.3 Å². The van der Waals surface area contributed by atoms with E-state index in [1.807, 2.05) is 4.90 Å². The van der Waals surface area contributed by atoms with Crippen LogP contribution in [0.3, 0.4) is 0 Å². The van der Waals surface area contributed by atoms with E-state index >= 15 is 0 Å². The molecule has 0 aromatic heterocycles. The van der Waals surface area contributed by atoms with Gasteiger partial charge >= 0.3 is 12.1 Å². The summed E-state index contributed by atoms with van der Waals surface area (Å²) in [4.78, 5) is 13.4. The Hall–Kier alpha value is -2.30. The number of carboxylic acids is 1. The van der Waals surface area contributed by atoms with Gasteiger partial charge in [0.25, 0.3) is 0 Å². The Morgan fingerprint density at radius 3 is 2.29 bits per heavy atom. The van der Waals surface area contributed by atoms with Crippen molar-refractivity contribution in [1.82, 2.24) is 4.31 Å². The van der Waals surface area contributed by atoms with Crippen molar-refractivity contribution in [2.24, 2.45) is 5.92 Å². The number of alkyl halides is 3. The van der Waals surface area contributed by atoms with E-state index in [2.05, 4.69) is 0 Å². The Bertz CT molecular complexity index is 1220. The Balaban J connectivity index is 1.60. The first kappa shape index (κ1) is 24.8. The van der Waals surface area contributed by atoms with Gasteiger partial charge in [0.15, 0.2) is 0 Å². The van der Waals surface area contributed by atoms with Crippen LogP contribution in [0.1, 0.15) is 30.5 Å². The second-order valence-corrected chi connectivity index (χ2v) is 11.2. The molecule has 2 aromatic rings. The number of anilines is 1. The first-order valence-electron chi connectivity index (χ1n) is 10.8. The molecule has 34 heavy (non-hydrogen) atoms. The lowest BCUT2D eigenvalue weighted by atomic mass is 10.1. The van der Waals surface area contributed by atoms with Crippen LogP contribution in [-0.2, 0) is 33.8 Å². The Kier molecular flexibility index (Phi) is 6.37. The van der Waals surface area contributed by atoms with Crippen molar-refractivity contribution in [2.75, 3.05) is 18.0 Å². The quantitative estimate of drug-likeness (QED) is 0.650. The lowest BCUT2D eigenvalue weighted by Gasteiger charge is -2.44. The number of piperazine rings is 1. The average Bonchev–Trinajstić information content (AvgIpc) is 3.16. The standard InChI is InChI=1S/C23H24ClF3N2O4S/c1-13-11-28(17-6-7-19(20(24)10-17)23(25,26)27)12-14(2)29(13)34(32,33)21-5-3-4-15-8-16(22(30)31)9-18(15)21/h3-7,10,13-14,16H,8-9,11-12H2,1-2H3,(H,30,31)/t13-,14+,16?. The number of aliphatic carboxylic acids is 1. The van der Waals surface area contributed by atoms with E-state index in [0.717, 1.165) is 11.6 Å². The lowest BCUT2D eigenvalue weighted by Crippen LogP contribution is -2.58. The molecule has 1 aliphatic carbocycles. The Morgan fingerprint density at radius 1 is 1.09 bits per heavy atom. The Labute approximate surface area is 201 Å². The van der Waals surface area contributed by atoms with Crippen molar-refractivity contribution < 1.29 is 31.5 Å². The molecular weight excluding hydrogens is 493 g/mol. The van der Waals surface area contributed by atoms with Crippen molar-refractivity contribution in [3.63, 3.8) is 0 Å². The molecule has 0 radical (unpaired) electrons. The molecule has 184 valence electrons. The van der Waals surface area contributed by atoms with Crippen LogP contribution in [0.4, 0.5) is 18.9 Å². The van der Waals surface area contributed by atoms with E-state index in [9.17, 15) is 31.5 Å². The van der Waals surface area contributed by atoms with Gasteiger partial charge in [-0.2, -0.15) is 17.5 Å². The number of rotatable bonds is 4. The number of nitrogens with zero attached hydrogens (tertiary/aromatic N) is 2. The second kappa shape index (κ2) is 8.73. The van der Waals surface area contributed by atoms with Crippen molar-refractivity contribution in [3.05, 3.63) is 58.1 Å². The summed E-state index contributed by atoms with van der Waals surface area (Å²) in [5.41, 5.74) is 0.842. The molecule has 0 saturated carbocycles. The molecule has 2 aromatic carbocycles. The van der Waals surface area contributed by atoms with Gasteiger partial charge in [0.1, 0.15) is 0 Å². The number of benzene rings is 2. The number of hydrogen-bond donors (Lipinski definition) is 1. The SMILES string of the molecule is C[C@@H]1CN(c2ccc(C(F)(F)F)c(Cl)c2)C[C@H](C)N1S(=O)(=O)c1cccc2c1CC(C(=O)O)C2. The van der Waals surface area contributed by atoms with Gasteiger partial charge in [0.2, 0.25) is 10.0 Å². The molecule has 0 bridgehead atoms. The first-order chi connectivity index (χ1) is 15.8. The molecule has 4 rings (SSSR count). The third-order valence-electron chi connectivity index (χ3n) is 6.51. The number of sulfonamides is 1. The minimum atomic E-state index is -4.56. The maximum Gasteiger partial charge on any atom is 0.417 e. The molecule has 1 aliphatic heterocycles. The smallest absolute Gasteiger partial charge is 0.417 e. The fourth-order valence-electron chi connectivity index (χ4n) is 5.07. The predicted octanol–water partition coefficient (Wildman–Crippen LogP) is 4.45. The van der Waals surface area contributed by atoms with E-state index < -0.39 is 50.8 Å². The molecule has 1 fully saturated rings. The van der Waals surface area contributed by atoms with Crippen LogP contribution in [-0.4, -0.2) is 49.0 Å². The van der Waals surface area contributed by atoms with E-state index in [-0.39, 0.29) is 24.4 Å². The molecule has 1 heterocycles. The van der Waals surface area contributed by atoms with Crippen LogP contribution in [0, 0.1) is 5.92 Å². The number of carboxylic acid groups (broad SMARTS) is 1. The van der Waals surface area contributed by atoms with E-state index in [4.69, 9.17) is 11.6 Å². The fraction of sp³-hybridized carbons (Fsp3) is 0.435. The summed E-state index contributed by atoms with van der Waals surface area (Å²) in [6, 6.07) is 7.47. The molecule has 6 nitrogen and oxygen atoms in total. The summed E-state index contributed by atoms with van der Waals surface area (Å²) in [7, 11) is -3.94. The van der Waals surface area contributed by atoms with Gasteiger partial charge in [-0.15, -0.1) is 0 Å². The summed E-state index contributed by atoms with van der Waals surface area (Å²) >= 11 is 5.88. The summed E-state index contributed by atoms with van der Waals surface area (Å²) < 4.78 is 68.0. The molecular formula is C23H24ClF3N2O4S. The van der Waals surface area contributed by atoms with Gasteiger partial charge in [-0.05, 0) is 62.1 Å². The second-order valence-electron chi connectivity index (χ2n) is 8.94. The molecule has 2 aliphatic rings. The molecule has 1 N–H and O–H groups in total. The Morgan fingerprint density at radius 2 is 1.74 bits per heavy atom. The monoisotopic (exact) mass is 516 g/mol. The van der Waals surface area contributed by atoms with Crippen LogP contribution in [0.15, 0.2) is 41.3 Å². The highest BCUT2D eigenvalue weighted by molar-refractivity contribution is 7.89. The van der Waals surface area contributed by atoms with Gasteiger partial charge in [-0.25, -0.2) is 8.42 Å². The van der Waals surface area contributed by atoms with E-state index in [1.54, 1.807) is 26.0 Å². The highest BCUT2D eigenvalue weighted by Gasteiger charge is 2.41. The highest BCUT2D eigenvalue weighted by atomic mass is 35.5. The van der Waals surface area contributed by atoms with Crippen molar-refractivity contribution in [2.45, 2.75) is 49.8 Å². The third kappa shape index (κ3) is 4.38. The average molecular weight is 517 g/mol. The summed E-state index contributed by atoms with van der Waals surface area (Å²) in [6.45, 7) is 4.01. The van der Waals surface area contributed by atoms with Gasteiger partial charge in [-0.3, -0.25) is 4.79 Å². The maximum absolute atomic E-state index is 13.7. The van der Waals surface area contributed by atoms with Crippen LogP contribution in [0.5, 0.6) is 0 Å². The highest BCUT2D eigenvalue weighted by Crippen LogP contribution is 2.38. The normalized spacial score (nSPS) is 23.7. The minimum Gasteiger partial charge on any atom is -0.481 e. The van der Waals surface area contributed by atoms with Crippen molar-refractivity contribution in [1.29, 1.82) is 0 Å². The zero-order valence-corrected chi connectivity index (χ0v) is 20.1. The third-order valence-corrected chi connectivity index (χ3v) is 9.04. The topological polar surface area (TPSA) is 77.9 Å². The summed E-state index contributed by atoms with van der Waals surface area (Å²) in [5.74, 6) is -1.60. The predicted molar refractivity (Wildman–Crippen MR) is 122 cm³/mol. The largest absolute Gasteiger partial charge is 0.481 e. The van der Waals surface area contributed by atoms with E-state index in [1.165, 1.54) is 22.5 Å². The van der Waals surface area contributed by atoms with Crippen LogP contribution >= 0.6 is 11.6 Å². The van der Waals surface area contributed by atoms with E-state index in [0.29, 0.717) is 17.7 Å². The van der Waals surface area contributed by atoms with Crippen LogP contribution < -0.4 is 4.90 Å². The molecule has 1 unspecified atom stereocenters. The first-order valence-corrected chi connectivity index (χ1v) is 12.6. The van der Waals surface area contributed by atoms with Crippen LogP contribution in [0.25, 0.3) is 0 Å². The van der Waals surface area contributed by atoms with Gasteiger partial charge in [-0.1, -0.05) is 23.7 Å². The maximum atomic E-state index is 13.7. The summed E-state index contributed by atoms with van der Waals surface area (Å²) in [6.07, 6.45) is -4.10. The zero-order chi connectivity index (χ0) is 25.0. The number of hydrogen-bond acceptors (Lipinski definition) is 4. The number of carbonyl (C=O) groups is 1. The molecule has 0 amide bonds. The summed E-state index contributed by atoms with van der Waals surface area (Å²) in [5, 5.41) is 8.98. The van der Waals surface area contributed by atoms with Gasteiger partial charge < -0.3 is 10.0 Å². The molecule has 0 spiro atoms. The van der Waals surface area contributed by atoms with Crippen molar-refractivity contribution in [3.8, 4) is 0 Å². The minimum absolute atomic E-state index is 0.124. The fourth-order valence-corrected chi connectivity index (χ4v) is 7.44. The van der Waals surface area contributed by atoms with Crippen LogP contribution in [0.2, 0.25) is 5.02 Å². The number of fused-ring (bicyclic) bond motifs is 1. The zero-order valence-electron chi connectivity index (χ0n) is 18.5. The molecule has 1 saturated heterocycles. The van der Waals surface area contributed by atoms with Gasteiger partial charge in [0.05, 0.1) is 21.4 Å². The lowest BCUT2D eigenvalue weighted by molar-refractivity contribution is -0.141. The van der Waals surface area contributed by atoms with Gasteiger partial charge in [0, 0.05) is 30.9 Å². The number of halogens is 4. The molecule has 11 heteroatoms.